The zero-order chi connectivity index (χ0) is 14.3. The molecule has 0 saturated heterocycles. The Morgan fingerprint density at radius 3 is 2.63 bits per heavy atom. The van der Waals surface area contributed by atoms with E-state index in [0.29, 0.717) is 0 Å². The lowest BCUT2D eigenvalue weighted by molar-refractivity contribution is -0.140. The van der Waals surface area contributed by atoms with E-state index in [1.165, 1.54) is 31.4 Å². The molecule has 0 heterocycles. The van der Waals surface area contributed by atoms with E-state index in [-0.39, 0.29) is 24.3 Å². The van der Waals surface area contributed by atoms with Crippen LogP contribution in [0.4, 0.5) is 8.78 Å². The van der Waals surface area contributed by atoms with Gasteiger partial charge in [-0.1, -0.05) is 12.1 Å². The summed E-state index contributed by atoms with van der Waals surface area (Å²) in [5, 5.41) is 2.41. The van der Waals surface area contributed by atoms with Crippen molar-refractivity contribution < 1.29 is 27.8 Å². The van der Waals surface area contributed by atoms with E-state index in [1.54, 1.807) is 0 Å². The first kappa shape index (κ1) is 14.9. The molecule has 0 unspecified atom stereocenters. The Bertz CT molecular complexity index is 451. The van der Waals surface area contributed by atoms with Crippen LogP contribution in [0.25, 0.3) is 0 Å². The summed E-state index contributed by atoms with van der Waals surface area (Å²) < 4.78 is 32.9. The number of methoxy groups -OCH3 is 1. The highest BCUT2D eigenvalue weighted by atomic mass is 19.3. The summed E-state index contributed by atoms with van der Waals surface area (Å²) in [5.74, 6) is -1.29. The lowest BCUT2D eigenvalue weighted by atomic mass is 10.2. The van der Waals surface area contributed by atoms with Gasteiger partial charge in [-0.3, -0.25) is 9.59 Å². The third-order valence-electron chi connectivity index (χ3n) is 2.19. The summed E-state index contributed by atoms with van der Waals surface area (Å²) in [7, 11) is 1.23. The molecule has 104 valence electrons. The summed E-state index contributed by atoms with van der Waals surface area (Å²) in [6.45, 7) is -2.96. The second-order valence-corrected chi connectivity index (χ2v) is 3.46. The molecule has 1 amide bonds. The molecule has 1 aromatic rings. The van der Waals surface area contributed by atoms with Crippen molar-refractivity contribution in [2.45, 2.75) is 13.0 Å². The minimum Gasteiger partial charge on any atom is -0.469 e. The van der Waals surface area contributed by atoms with Crippen molar-refractivity contribution >= 4 is 11.9 Å². The zero-order valence-electron chi connectivity index (χ0n) is 10.2. The van der Waals surface area contributed by atoms with Gasteiger partial charge in [-0.05, 0) is 12.1 Å². The van der Waals surface area contributed by atoms with E-state index >= 15 is 0 Å². The Kier molecular flexibility index (Phi) is 5.72. The molecule has 0 fully saturated rings. The van der Waals surface area contributed by atoms with Crippen molar-refractivity contribution in [3.63, 3.8) is 0 Å². The third kappa shape index (κ3) is 4.90. The van der Waals surface area contributed by atoms with Crippen molar-refractivity contribution in [3.8, 4) is 5.75 Å². The van der Waals surface area contributed by atoms with E-state index < -0.39 is 18.5 Å². The normalized spacial score (nSPS) is 10.1. The molecule has 0 aliphatic heterocycles. The minimum atomic E-state index is -3.01. The average molecular weight is 273 g/mol. The van der Waals surface area contributed by atoms with Gasteiger partial charge in [-0.2, -0.15) is 8.78 Å². The number of alkyl halides is 2. The van der Waals surface area contributed by atoms with Crippen LogP contribution in [0.3, 0.4) is 0 Å². The highest BCUT2D eigenvalue weighted by Gasteiger charge is 2.15. The molecule has 0 atom stereocenters. The lowest BCUT2D eigenvalue weighted by Gasteiger charge is -2.10. The second kappa shape index (κ2) is 7.30. The molecule has 19 heavy (non-hydrogen) atoms. The molecule has 7 heteroatoms. The fourth-order valence-corrected chi connectivity index (χ4v) is 1.33. The van der Waals surface area contributed by atoms with Gasteiger partial charge in [0.15, 0.2) is 0 Å². The molecular weight excluding hydrogens is 260 g/mol. The van der Waals surface area contributed by atoms with Crippen molar-refractivity contribution in [2.75, 3.05) is 13.7 Å². The van der Waals surface area contributed by atoms with Crippen LogP contribution in [-0.4, -0.2) is 32.1 Å². The molecule has 0 aliphatic rings. The number of hydrogen-bond donors (Lipinski definition) is 1. The summed E-state index contributed by atoms with van der Waals surface area (Å²) in [4.78, 5) is 22.6. The van der Waals surface area contributed by atoms with E-state index in [9.17, 15) is 18.4 Å². The van der Waals surface area contributed by atoms with Crippen LogP contribution in [0.2, 0.25) is 0 Å². The van der Waals surface area contributed by atoms with Gasteiger partial charge in [0.05, 0.1) is 19.1 Å². The average Bonchev–Trinajstić information content (AvgIpc) is 2.38. The molecule has 0 aliphatic carbocycles. The summed E-state index contributed by atoms with van der Waals surface area (Å²) in [6.07, 6.45) is 0.000110. The number of ether oxygens (including phenoxy) is 2. The molecule has 1 N–H and O–H groups in total. The van der Waals surface area contributed by atoms with Crippen LogP contribution < -0.4 is 10.1 Å². The van der Waals surface area contributed by atoms with Crippen LogP contribution in [0.15, 0.2) is 24.3 Å². The largest absolute Gasteiger partial charge is 0.469 e. The Labute approximate surface area is 108 Å². The summed E-state index contributed by atoms with van der Waals surface area (Å²) >= 11 is 0. The molecule has 0 aromatic heterocycles. The van der Waals surface area contributed by atoms with Crippen molar-refractivity contribution in [1.82, 2.24) is 5.32 Å². The number of para-hydroxylation sites is 1. The number of halogens is 2. The zero-order valence-corrected chi connectivity index (χ0v) is 10.2. The standard InChI is InChI=1S/C12H13F2NO4/c1-18-10(16)6-7-15-11(17)8-4-2-3-5-9(8)19-12(13)14/h2-5,12H,6-7H2,1H3,(H,15,17). The number of amides is 1. The van der Waals surface area contributed by atoms with Gasteiger partial charge in [0.25, 0.3) is 5.91 Å². The first-order valence-corrected chi connectivity index (χ1v) is 5.43. The Morgan fingerprint density at radius 2 is 2.00 bits per heavy atom. The number of carbonyl (C=O) groups is 2. The Morgan fingerprint density at radius 1 is 1.32 bits per heavy atom. The number of carbonyl (C=O) groups excluding carboxylic acids is 2. The van der Waals surface area contributed by atoms with Crippen molar-refractivity contribution in [1.29, 1.82) is 0 Å². The number of nitrogens with one attached hydrogen (secondary N) is 1. The monoisotopic (exact) mass is 273 g/mol. The maximum absolute atomic E-state index is 12.2. The van der Waals surface area contributed by atoms with Gasteiger partial charge >= 0.3 is 12.6 Å². The maximum Gasteiger partial charge on any atom is 0.387 e. The topological polar surface area (TPSA) is 64.6 Å². The maximum atomic E-state index is 12.2. The Hall–Kier alpha value is -2.18. The number of benzene rings is 1. The van der Waals surface area contributed by atoms with Crippen LogP contribution in [-0.2, 0) is 9.53 Å². The highest BCUT2D eigenvalue weighted by Crippen LogP contribution is 2.19. The van der Waals surface area contributed by atoms with Gasteiger partial charge in [-0.25, -0.2) is 0 Å². The molecular formula is C12H13F2NO4. The number of rotatable bonds is 6. The molecule has 5 nitrogen and oxygen atoms in total. The van der Waals surface area contributed by atoms with Crippen molar-refractivity contribution in [2.24, 2.45) is 0 Å². The third-order valence-corrected chi connectivity index (χ3v) is 2.19. The van der Waals surface area contributed by atoms with Gasteiger partial charge in [-0.15, -0.1) is 0 Å². The molecule has 0 spiro atoms. The predicted octanol–water partition coefficient (Wildman–Crippen LogP) is 1.58. The summed E-state index contributed by atoms with van der Waals surface area (Å²) in [5.41, 5.74) is -0.0207. The highest BCUT2D eigenvalue weighted by molar-refractivity contribution is 5.97. The van der Waals surface area contributed by atoms with Gasteiger partial charge in [0, 0.05) is 6.54 Å². The van der Waals surface area contributed by atoms with Gasteiger partial charge in [0.2, 0.25) is 0 Å². The first-order chi connectivity index (χ1) is 9.04. The lowest BCUT2D eigenvalue weighted by Crippen LogP contribution is -2.27. The quantitative estimate of drug-likeness (QED) is 0.799. The molecule has 1 rings (SSSR count). The number of esters is 1. The Balaban J connectivity index is 2.63. The van der Waals surface area contributed by atoms with Crippen molar-refractivity contribution in [3.05, 3.63) is 29.8 Å². The van der Waals surface area contributed by atoms with Crippen LogP contribution in [0, 0.1) is 0 Å². The van der Waals surface area contributed by atoms with E-state index in [2.05, 4.69) is 14.8 Å². The van der Waals surface area contributed by atoms with Crippen LogP contribution >= 0.6 is 0 Å². The molecule has 1 aromatic carbocycles. The summed E-state index contributed by atoms with van der Waals surface area (Å²) in [6, 6.07) is 5.61. The van der Waals surface area contributed by atoms with E-state index in [0.717, 1.165) is 0 Å². The smallest absolute Gasteiger partial charge is 0.387 e. The van der Waals surface area contributed by atoms with Crippen LogP contribution in [0.1, 0.15) is 16.8 Å². The second-order valence-electron chi connectivity index (χ2n) is 3.46. The SMILES string of the molecule is COC(=O)CCNC(=O)c1ccccc1OC(F)F. The van der Waals surface area contributed by atoms with E-state index in [1.807, 2.05) is 0 Å². The fraction of sp³-hybridized carbons (Fsp3) is 0.333. The van der Waals surface area contributed by atoms with Crippen LogP contribution in [0.5, 0.6) is 5.75 Å². The van der Waals surface area contributed by atoms with E-state index in [4.69, 9.17) is 0 Å². The molecule has 0 saturated carbocycles. The first-order valence-electron chi connectivity index (χ1n) is 5.43. The molecule has 0 bridgehead atoms. The van der Waals surface area contributed by atoms with Gasteiger partial charge < -0.3 is 14.8 Å². The van der Waals surface area contributed by atoms with Gasteiger partial charge in [0.1, 0.15) is 5.75 Å². The minimum absolute atomic E-state index is 0.000110. The number of hydrogen-bond acceptors (Lipinski definition) is 4. The fourth-order valence-electron chi connectivity index (χ4n) is 1.33. The molecule has 0 radical (unpaired) electrons. The predicted molar refractivity (Wildman–Crippen MR) is 62.0 cm³/mol.